The Morgan fingerprint density at radius 1 is 1.00 bits per heavy atom. The Morgan fingerprint density at radius 3 is 2.37 bits per heavy atom. The van der Waals surface area contributed by atoms with Crippen LogP contribution in [0.1, 0.15) is 0 Å². The van der Waals surface area contributed by atoms with Crippen molar-refractivity contribution in [2.75, 3.05) is 4.72 Å². The van der Waals surface area contributed by atoms with E-state index >= 15 is 0 Å². The average Bonchev–Trinajstić information content (AvgIpc) is 2.33. The van der Waals surface area contributed by atoms with Crippen molar-refractivity contribution in [3.8, 4) is 0 Å². The minimum absolute atomic E-state index is 0.0126. The summed E-state index contributed by atoms with van der Waals surface area (Å²) in [4.78, 5) is 3.73. The third-order valence-corrected chi connectivity index (χ3v) is 4.50. The molecule has 0 atom stereocenters. The molecule has 1 N–H and O–H groups in total. The fourth-order valence-corrected chi connectivity index (χ4v) is 2.92. The molecule has 2 rings (SSSR count). The smallest absolute Gasteiger partial charge is 0.262 e. The quantitative estimate of drug-likeness (QED) is 0.866. The molecule has 0 saturated carbocycles. The molecule has 0 unspecified atom stereocenters. The molecule has 0 fully saturated rings. The first kappa shape index (κ1) is 14.4. The Kier molecular flexibility index (Phi) is 4.20. The van der Waals surface area contributed by atoms with Crippen LogP contribution in [0.5, 0.6) is 0 Å². The predicted octanol–water partition coefficient (Wildman–Crippen LogP) is 3.84. The fraction of sp³-hybridized carbons (Fsp3) is 0. The van der Waals surface area contributed by atoms with Crippen LogP contribution in [0.25, 0.3) is 0 Å². The summed E-state index contributed by atoms with van der Waals surface area (Å²) in [6.07, 6.45) is 1.31. The highest BCUT2D eigenvalue weighted by atomic mass is 35.5. The van der Waals surface area contributed by atoms with Crippen LogP contribution in [-0.2, 0) is 10.0 Å². The van der Waals surface area contributed by atoms with Gasteiger partial charge in [-0.1, -0.05) is 34.8 Å². The predicted molar refractivity (Wildman–Crippen MR) is 76.5 cm³/mol. The van der Waals surface area contributed by atoms with Gasteiger partial charge >= 0.3 is 0 Å². The molecule has 0 aliphatic heterocycles. The van der Waals surface area contributed by atoms with Crippen molar-refractivity contribution >= 4 is 50.5 Å². The Balaban J connectivity index is 2.33. The van der Waals surface area contributed by atoms with Crippen LogP contribution in [-0.4, -0.2) is 13.4 Å². The second-order valence-electron chi connectivity index (χ2n) is 3.55. The summed E-state index contributed by atoms with van der Waals surface area (Å²) in [5.74, 6) is 0. The van der Waals surface area contributed by atoms with Gasteiger partial charge < -0.3 is 0 Å². The van der Waals surface area contributed by atoms with Crippen LogP contribution in [0.4, 0.5) is 5.69 Å². The fourth-order valence-electron chi connectivity index (χ4n) is 1.33. The van der Waals surface area contributed by atoms with Crippen molar-refractivity contribution in [1.82, 2.24) is 4.98 Å². The standard InChI is InChI=1S/C11H7Cl3N2O2S/c12-9-2-1-7(5-10(9)13)16-19(17,18)8-3-4-15-11(14)6-8/h1-6,16H. The van der Waals surface area contributed by atoms with Crippen molar-refractivity contribution < 1.29 is 8.42 Å². The molecule has 0 bridgehead atoms. The largest absolute Gasteiger partial charge is 0.280 e. The molecule has 19 heavy (non-hydrogen) atoms. The maximum absolute atomic E-state index is 12.1. The molecule has 0 aliphatic rings. The van der Waals surface area contributed by atoms with Crippen molar-refractivity contribution in [3.63, 3.8) is 0 Å². The van der Waals surface area contributed by atoms with Crippen LogP contribution < -0.4 is 4.72 Å². The van der Waals surface area contributed by atoms with Gasteiger partial charge in [0.1, 0.15) is 5.15 Å². The van der Waals surface area contributed by atoms with Gasteiger partial charge in [-0.15, -0.1) is 0 Å². The van der Waals surface area contributed by atoms with Crippen molar-refractivity contribution in [2.45, 2.75) is 4.90 Å². The third-order valence-electron chi connectivity index (χ3n) is 2.18. The Labute approximate surface area is 125 Å². The number of nitrogens with one attached hydrogen (secondary N) is 1. The molecule has 0 radical (unpaired) electrons. The van der Waals surface area contributed by atoms with Crippen LogP contribution >= 0.6 is 34.8 Å². The van der Waals surface area contributed by atoms with Crippen molar-refractivity contribution in [1.29, 1.82) is 0 Å². The molecule has 0 aliphatic carbocycles. The monoisotopic (exact) mass is 336 g/mol. The molecule has 4 nitrogen and oxygen atoms in total. The van der Waals surface area contributed by atoms with Crippen LogP contribution in [0.3, 0.4) is 0 Å². The molecular formula is C11H7Cl3N2O2S. The normalized spacial score (nSPS) is 11.3. The maximum atomic E-state index is 12.1. The van der Waals surface area contributed by atoms with Crippen molar-refractivity contribution in [3.05, 3.63) is 51.7 Å². The van der Waals surface area contributed by atoms with Gasteiger partial charge in [-0.2, -0.15) is 0 Å². The summed E-state index contributed by atoms with van der Waals surface area (Å²) < 4.78 is 26.5. The molecule has 0 spiro atoms. The van der Waals surface area contributed by atoms with Gasteiger partial charge in [-0.25, -0.2) is 13.4 Å². The molecule has 2 aromatic rings. The summed E-state index contributed by atoms with van der Waals surface area (Å²) in [5, 5.41) is 0.697. The minimum atomic E-state index is -3.74. The molecule has 1 aromatic heterocycles. The number of anilines is 1. The lowest BCUT2D eigenvalue weighted by atomic mass is 10.3. The molecule has 1 heterocycles. The minimum Gasteiger partial charge on any atom is -0.280 e. The molecule has 0 saturated heterocycles. The number of sulfonamides is 1. The number of pyridine rings is 1. The Morgan fingerprint density at radius 2 is 1.74 bits per heavy atom. The Hall–Kier alpha value is -1.01. The summed E-state index contributed by atoms with van der Waals surface area (Å²) in [7, 11) is -3.74. The number of benzene rings is 1. The van der Waals surface area contributed by atoms with E-state index in [-0.39, 0.29) is 15.1 Å². The molecule has 0 amide bonds. The summed E-state index contributed by atoms with van der Waals surface area (Å²) in [6, 6.07) is 7.02. The summed E-state index contributed by atoms with van der Waals surface area (Å²) in [5.41, 5.74) is 0.308. The molecule has 8 heteroatoms. The third kappa shape index (κ3) is 3.51. The van der Waals surface area contributed by atoms with E-state index in [4.69, 9.17) is 34.8 Å². The Bertz CT molecular complexity index is 720. The topological polar surface area (TPSA) is 59.1 Å². The van der Waals surface area contributed by atoms with Gasteiger partial charge in [0.2, 0.25) is 0 Å². The van der Waals surface area contributed by atoms with E-state index in [1.165, 1.54) is 36.5 Å². The van der Waals surface area contributed by atoms with Crippen LogP contribution in [0.2, 0.25) is 15.2 Å². The highest BCUT2D eigenvalue weighted by Crippen LogP contribution is 2.26. The van der Waals surface area contributed by atoms with Gasteiger partial charge in [0.05, 0.1) is 20.6 Å². The summed E-state index contributed by atoms with van der Waals surface area (Å²) in [6.45, 7) is 0. The van der Waals surface area contributed by atoms with Gasteiger partial charge in [0, 0.05) is 6.20 Å². The van der Waals surface area contributed by atoms with E-state index in [0.717, 1.165) is 0 Å². The maximum Gasteiger partial charge on any atom is 0.262 e. The number of aromatic nitrogens is 1. The lowest BCUT2D eigenvalue weighted by molar-refractivity contribution is 0.601. The second kappa shape index (κ2) is 5.54. The number of halogens is 3. The molecular weight excluding hydrogens is 331 g/mol. The van der Waals surface area contributed by atoms with Crippen LogP contribution in [0, 0.1) is 0 Å². The SMILES string of the molecule is O=S(=O)(Nc1ccc(Cl)c(Cl)c1)c1ccnc(Cl)c1. The highest BCUT2D eigenvalue weighted by Gasteiger charge is 2.15. The van der Waals surface area contributed by atoms with Crippen LogP contribution in [0.15, 0.2) is 41.4 Å². The van der Waals surface area contributed by atoms with Gasteiger partial charge in [-0.05, 0) is 30.3 Å². The van der Waals surface area contributed by atoms with E-state index < -0.39 is 10.0 Å². The lowest BCUT2D eigenvalue weighted by Gasteiger charge is -2.08. The number of hydrogen-bond donors (Lipinski definition) is 1. The number of hydrogen-bond acceptors (Lipinski definition) is 3. The lowest BCUT2D eigenvalue weighted by Crippen LogP contribution is -2.13. The second-order valence-corrected chi connectivity index (χ2v) is 6.43. The number of rotatable bonds is 3. The first-order valence-corrected chi connectivity index (χ1v) is 7.59. The van der Waals surface area contributed by atoms with E-state index in [2.05, 4.69) is 9.71 Å². The van der Waals surface area contributed by atoms with E-state index in [0.29, 0.717) is 10.7 Å². The van der Waals surface area contributed by atoms with E-state index in [1.807, 2.05) is 0 Å². The average molecular weight is 338 g/mol. The molecule has 100 valence electrons. The zero-order chi connectivity index (χ0) is 14.0. The zero-order valence-electron chi connectivity index (χ0n) is 9.27. The summed E-state index contributed by atoms with van der Waals surface area (Å²) >= 11 is 17.2. The first-order valence-electron chi connectivity index (χ1n) is 4.98. The first-order chi connectivity index (χ1) is 8.88. The van der Waals surface area contributed by atoms with Crippen molar-refractivity contribution in [2.24, 2.45) is 0 Å². The zero-order valence-corrected chi connectivity index (χ0v) is 12.4. The van der Waals surface area contributed by atoms with E-state index in [1.54, 1.807) is 0 Å². The highest BCUT2D eigenvalue weighted by molar-refractivity contribution is 7.92. The van der Waals surface area contributed by atoms with Gasteiger partial charge in [-0.3, -0.25) is 4.72 Å². The van der Waals surface area contributed by atoms with Gasteiger partial charge in [0.25, 0.3) is 10.0 Å². The van der Waals surface area contributed by atoms with Gasteiger partial charge in [0.15, 0.2) is 0 Å². The van der Waals surface area contributed by atoms with E-state index in [9.17, 15) is 8.42 Å². The number of nitrogens with zero attached hydrogens (tertiary/aromatic N) is 1. The molecule has 1 aromatic carbocycles.